The average molecular weight is 244 g/mol. The summed E-state index contributed by atoms with van der Waals surface area (Å²) in [6.07, 6.45) is 1.08. The van der Waals surface area contributed by atoms with Crippen molar-refractivity contribution < 1.29 is 19.8 Å². The Hall–Kier alpha value is -1.30. The van der Waals surface area contributed by atoms with Crippen LogP contribution in [0.5, 0.6) is 0 Å². The molecule has 2 amide bonds. The third-order valence-corrected chi connectivity index (χ3v) is 3.05. The van der Waals surface area contributed by atoms with Gasteiger partial charge in [-0.05, 0) is 19.8 Å². The second-order valence-electron chi connectivity index (χ2n) is 4.21. The third-order valence-electron chi connectivity index (χ3n) is 3.05. The molecule has 1 aliphatic heterocycles. The summed E-state index contributed by atoms with van der Waals surface area (Å²) in [6, 6.07) is -0.121. The van der Waals surface area contributed by atoms with Gasteiger partial charge in [-0.2, -0.15) is 0 Å². The number of carboxylic acids is 1. The van der Waals surface area contributed by atoms with E-state index < -0.39 is 11.9 Å². The molecule has 1 unspecified atom stereocenters. The van der Waals surface area contributed by atoms with E-state index in [2.05, 4.69) is 0 Å². The molecule has 0 saturated carbocycles. The van der Waals surface area contributed by atoms with Crippen LogP contribution in [0, 0.1) is 5.92 Å². The highest BCUT2D eigenvalue weighted by molar-refractivity contribution is 5.77. The number of hydrogen-bond donors (Lipinski definition) is 2. The molecule has 0 aromatic carbocycles. The monoisotopic (exact) mass is 244 g/mol. The summed E-state index contributed by atoms with van der Waals surface area (Å²) in [5.74, 6) is -1.27. The van der Waals surface area contributed by atoms with Gasteiger partial charge in [0, 0.05) is 32.8 Å². The summed E-state index contributed by atoms with van der Waals surface area (Å²) in [6.45, 7) is 3.82. The van der Waals surface area contributed by atoms with Crippen molar-refractivity contribution in [3.63, 3.8) is 0 Å². The van der Waals surface area contributed by atoms with Crippen molar-refractivity contribution in [2.75, 3.05) is 32.8 Å². The Kier molecular flexibility index (Phi) is 5.21. The van der Waals surface area contributed by atoms with E-state index in [1.54, 1.807) is 9.80 Å². The predicted molar refractivity (Wildman–Crippen MR) is 61.7 cm³/mol. The minimum Gasteiger partial charge on any atom is -0.481 e. The Balaban J connectivity index is 2.49. The van der Waals surface area contributed by atoms with E-state index in [0.717, 1.165) is 0 Å². The fourth-order valence-corrected chi connectivity index (χ4v) is 1.99. The first kappa shape index (κ1) is 13.8. The first-order chi connectivity index (χ1) is 8.10. The zero-order valence-corrected chi connectivity index (χ0v) is 10.1. The van der Waals surface area contributed by atoms with Crippen molar-refractivity contribution in [2.24, 2.45) is 5.92 Å². The highest BCUT2D eigenvalue weighted by atomic mass is 16.4. The van der Waals surface area contributed by atoms with Crippen molar-refractivity contribution in [3.8, 4) is 0 Å². The second-order valence-corrected chi connectivity index (χ2v) is 4.21. The molecular weight excluding hydrogens is 224 g/mol. The predicted octanol–water partition coefficient (Wildman–Crippen LogP) is 0.217. The number of aliphatic hydroxyl groups is 1. The van der Waals surface area contributed by atoms with Crippen molar-refractivity contribution in [3.05, 3.63) is 0 Å². The van der Waals surface area contributed by atoms with Gasteiger partial charge in [-0.25, -0.2) is 4.79 Å². The molecule has 98 valence electrons. The van der Waals surface area contributed by atoms with Crippen molar-refractivity contribution in [2.45, 2.75) is 19.8 Å². The molecule has 17 heavy (non-hydrogen) atoms. The highest BCUT2D eigenvalue weighted by Gasteiger charge is 2.32. The highest BCUT2D eigenvalue weighted by Crippen LogP contribution is 2.17. The minimum absolute atomic E-state index is 0.0571. The van der Waals surface area contributed by atoms with Gasteiger partial charge < -0.3 is 20.0 Å². The van der Waals surface area contributed by atoms with Gasteiger partial charge in [0.05, 0.1) is 5.92 Å². The van der Waals surface area contributed by atoms with Gasteiger partial charge in [0.15, 0.2) is 0 Å². The lowest BCUT2D eigenvalue weighted by molar-refractivity contribution is -0.141. The van der Waals surface area contributed by atoms with E-state index in [0.29, 0.717) is 39.0 Å². The summed E-state index contributed by atoms with van der Waals surface area (Å²) in [5, 5.41) is 17.6. The number of aliphatic carboxylic acids is 1. The summed E-state index contributed by atoms with van der Waals surface area (Å²) in [4.78, 5) is 26.0. The van der Waals surface area contributed by atoms with Gasteiger partial charge in [0.2, 0.25) is 0 Å². The van der Waals surface area contributed by atoms with Crippen LogP contribution in [0.25, 0.3) is 0 Å². The molecule has 6 nitrogen and oxygen atoms in total. The summed E-state index contributed by atoms with van der Waals surface area (Å²) < 4.78 is 0. The number of rotatable bonds is 5. The van der Waals surface area contributed by atoms with E-state index in [9.17, 15) is 9.59 Å². The third kappa shape index (κ3) is 3.59. The number of aliphatic hydroxyl groups excluding tert-OH is 1. The first-order valence-electron chi connectivity index (χ1n) is 5.97. The van der Waals surface area contributed by atoms with Gasteiger partial charge in [0.1, 0.15) is 0 Å². The van der Waals surface area contributed by atoms with Crippen molar-refractivity contribution in [1.82, 2.24) is 9.80 Å². The lowest BCUT2D eigenvalue weighted by atomic mass is 10.1. The van der Waals surface area contributed by atoms with Crippen LogP contribution in [0.1, 0.15) is 19.8 Å². The maximum absolute atomic E-state index is 12.0. The molecule has 0 aromatic heterocycles. The van der Waals surface area contributed by atoms with Crippen LogP contribution in [0.2, 0.25) is 0 Å². The van der Waals surface area contributed by atoms with E-state index in [4.69, 9.17) is 10.2 Å². The number of amides is 2. The smallest absolute Gasteiger partial charge is 0.320 e. The van der Waals surface area contributed by atoms with Gasteiger partial charge in [-0.15, -0.1) is 0 Å². The molecule has 1 rings (SSSR count). The van der Waals surface area contributed by atoms with Crippen LogP contribution in [-0.4, -0.2) is 64.8 Å². The minimum atomic E-state index is -0.835. The van der Waals surface area contributed by atoms with E-state index in [1.165, 1.54) is 0 Å². The van der Waals surface area contributed by atoms with Crippen LogP contribution in [-0.2, 0) is 4.79 Å². The normalized spacial score (nSPS) is 19.4. The van der Waals surface area contributed by atoms with Gasteiger partial charge in [0.25, 0.3) is 0 Å². The number of hydrogen-bond acceptors (Lipinski definition) is 3. The van der Waals surface area contributed by atoms with Crippen molar-refractivity contribution >= 4 is 12.0 Å². The fourth-order valence-electron chi connectivity index (χ4n) is 1.99. The number of urea groups is 1. The summed E-state index contributed by atoms with van der Waals surface area (Å²) in [5.41, 5.74) is 0. The molecule has 0 aliphatic carbocycles. The Bertz CT molecular complexity index is 283. The van der Waals surface area contributed by atoms with Crippen molar-refractivity contribution in [1.29, 1.82) is 0 Å². The maximum Gasteiger partial charge on any atom is 0.320 e. The molecule has 0 spiro atoms. The van der Waals surface area contributed by atoms with Gasteiger partial charge in [-0.1, -0.05) is 0 Å². The van der Waals surface area contributed by atoms with Crippen LogP contribution in [0.3, 0.4) is 0 Å². The molecule has 2 N–H and O–H groups in total. The van der Waals surface area contributed by atoms with E-state index in [1.807, 2.05) is 6.92 Å². The molecular formula is C11H20N2O4. The number of carbonyl (C=O) groups is 2. The molecule has 1 fully saturated rings. The molecule has 0 aromatic rings. The Morgan fingerprint density at radius 3 is 2.65 bits per heavy atom. The number of carbonyl (C=O) groups excluding carboxylic acids is 1. The quantitative estimate of drug-likeness (QED) is 0.724. The van der Waals surface area contributed by atoms with Crippen LogP contribution in [0.4, 0.5) is 4.79 Å². The molecule has 0 radical (unpaired) electrons. The number of carboxylic acid groups (broad SMARTS) is 1. The van der Waals surface area contributed by atoms with E-state index in [-0.39, 0.29) is 12.6 Å². The Morgan fingerprint density at radius 1 is 1.47 bits per heavy atom. The summed E-state index contributed by atoms with van der Waals surface area (Å²) >= 11 is 0. The average Bonchev–Trinajstić information content (AvgIpc) is 2.79. The molecule has 0 bridgehead atoms. The number of nitrogens with zero attached hydrogens (tertiary/aromatic N) is 2. The lowest BCUT2D eigenvalue weighted by Crippen LogP contribution is -2.43. The fraction of sp³-hybridized carbons (Fsp3) is 0.818. The first-order valence-corrected chi connectivity index (χ1v) is 5.97. The molecule has 1 atom stereocenters. The Morgan fingerprint density at radius 2 is 2.18 bits per heavy atom. The van der Waals surface area contributed by atoms with Crippen LogP contribution >= 0.6 is 0 Å². The zero-order valence-electron chi connectivity index (χ0n) is 10.1. The van der Waals surface area contributed by atoms with Gasteiger partial charge >= 0.3 is 12.0 Å². The second kappa shape index (κ2) is 6.44. The van der Waals surface area contributed by atoms with E-state index >= 15 is 0 Å². The SMILES string of the molecule is CCN(CCCO)C(=O)N1CCC(C(=O)O)C1. The Labute approximate surface area is 101 Å². The molecule has 1 saturated heterocycles. The molecule has 6 heteroatoms. The zero-order chi connectivity index (χ0) is 12.8. The maximum atomic E-state index is 12.0. The summed E-state index contributed by atoms with van der Waals surface area (Å²) in [7, 11) is 0. The van der Waals surface area contributed by atoms with Crippen LogP contribution in [0.15, 0.2) is 0 Å². The van der Waals surface area contributed by atoms with Crippen LogP contribution < -0.4 is 0 Å². The topological polar surface area (TPSA) is 81.1 Å². The number of likely N-dealkylation sites (tertiary alicyclic amines) is 1. The molecule has 1 aliphatic rings. The van der Waals surface area contributed by atoms with Gasteiger partial charge in [-0.3, -0.25) is 4.79 Å². The largest absolute Gasteiger partial charge is 0.481 e. The lowest BCUT2D eigenvalue weighted by Gasteiger charge is -2.26. The molecule has 1 heterocycles. The standard InChI is InChI=1S/C11H20N2O4/c1-2-12(5-3-7-14)11(17)13-6-4-9(8-13)10(15)16/h9,14H,2-8H2,1H3,(H,15,16).